The Morgan fingerprint density at radius 1 is 1.00 bits per heavy atom. The molecule has 1 aromatic heterocycles. The lowest BCUT2D eigenvalue weighted by Crippen LogP contribution is -2.35. The molecule has 10 nitrogen and oxygen atoms in total. The minimum Gasteiger partial charge on any atom is -0.496 e. The number of ketones is 1. The van der Waals surface area contributed by atoms with E-state index in [2.05, 4.69) is 4.98 Å². The van der Waals surface area contributed by atoms with E-state index in [1.807, 2.05) is 37.3 Å². The van der Waals surface area contributed by atoms with Crippen LogP contribution in [0, 0.1) is 13.8 Å². The maximum Gasteiger partial charge on any atom is 0.254 e. The fraction of sp³-hybridized carbons (Fsp3) is 0.452. The number of hydrogen-bond donors (Lipinski definition) is 0. The van der Waals surface area contributed by atoms with Gasteiger partial charge in [0.2, 0.25) is 10.0 Å². The third-order valence-electron chi connectivity index (χ3n) is 7.01. The number of amides is 1. The first-order valence-corrected chi connectivity index (χ1v) is 16.6. The van der Waals surface area contributed by atoms with Crippen LogP contribution in [-0.4, -0.2) is 94.3 Å². The average molecular weight is 650 g/mol. The maximum absolute atomic E-state index is 13.9. The molecule has 0 aliphatic heterocycles. The third kappa shape index (κ3) is 9.55. The lowest BCUT2D eigenvalue weighted by atomic mass is 10.1. The Balaban J connectivity index is 1.81. The van der Waals surface area contributed by atoms with Gasteiger partial charge in [0.05, 0.1) is 34.0 Å². The maximum atomic E-state index is 13.9. The fourth-order valence-electron chi connectivity index (χ4n) is 4.54. The molecule has 1 amide bonds. The molecule has 3 aromatic rings. The highest BCUT2D eigenvalue weighted by molar-refractivity contribution is 7.89. The number of benzene rings is 2. The molecule has 13 heteroatoms. The van der Waals surface area contributed by atoms with Gasteiger partial charge in [0.25, 0.3) is 5.91 Å². The van der Waals surface area contributed by atoms with Gasteiger partial charge in [0.15, 0.2) is 5.78 Å². The van der Waals surface area contributed by atoms with E-state index in [1.54, 1.807) is 24.0 Å². The molecule has 3 rings (SSSR count). The molecular weight excluding hydrogens is 609 g/mol. The van der Waals surface area contributed by atoms with Crippen LogP contribution in [0.25, 0.3) is 0 Å². The molecule has 2 aromatic carbocycles. The minimum absolute atomic E-state index is 0.00839. The minimum atomic E-state index is -3.94. The normalized spacial score (nSPS) is 11.5. The first kappa shape index (κ1) is 35.1. The molecule has 1 heterocycles. The van der Waals surface area contributed by atoms with E-state index in [0.29, 0.717) is 39.9 Å². The molecule has 0 spiro atoms. The number of carbonyl (C=O) groups is 2. The van der Waals surface area contributed by atoms with Crippen molar-refractivity contribution in [3.8, 4) is 11.5 Å². The summed E-state index contributed by atoms with van der Waals surface area (Å²) in [4.78, 5) is 33.6. The SMILES string of the molecule is COc1cc(C(=O)N(CCCc2ccccc2)Cc2nc(C(=O)CS(=O)(=O)N(C)CCOCCF)c(C)s2)cc(OC)c1C. The summed E-state index contributed by atoms with van der Waals surface area (Å²) in [5, 5.41) is 0.510. The Morgan fingerprint density at radius 3 is 2.27 bits per heavy atom. The molecule has 0 aliphatic rings. The van der Waals surface area contributed by atoms with E-state index in [0.717, 1.165) is 21.9 Å². The predicted molar refractivity (Wildman–Crippen MR) is 168 cm³/mol. The van der Waals surface area contributed by atoms with E-state index < -0.39 is 28.2 Å². The molecule has 0 atom stereocenters. The van der Waals surface area contributed by atoms with Gasteiger partial charge in [0.1, 0.15) is 34.6 Å². The van der Waals surface area contributed by atoms with Crippen LogP contribution in [0.5, 0.6) is 11.5 Å². The number of rotatable bonds is 18. The number of halogens is 1. The number of methoxy groups -OCH3 is 2. The van der Waals surface area contributed by atoms with Crippen LogP contribution in [0.3, 0.4) is 0 Å². The van der Waals surface area contributed by atoms with Crippen molar-refractivity contribution in [2.45, 2.75) is 33.2 Å². The van der Waals surface area contributed by atoms with Crippen LogP contribution < -0.4 is 9.47 Å². The second-order valence-electron chi connectivity index (χ2n) is 10.1. The van der Waals surface area contributed by atoms with Gasteiger partial charge in [-0.05, 0) is 44.4 Å². The van der Waals surface area contributed by atoms with Crippen molar-refractivity contribution in [1.29, 1.82) is 0 Å². The van der Waals surface area contributed by atoms with Crippen LogP contribution >= 0.6 is 11.3 Å². The summed E-state index contributed by atoms with van der Waals surface area (Å²) in [7, 11) is 0.460. The molecule has 0 radical (unpaired) electrons. The number of nitrogens with zero attached hydrogens (tertiary/aromatic N) is 3. The van der Waals surface area contributed by atoms with Crippen molar-refractivity contribution < 1.29 is 36.6 Å². The summed E-state index contributed by atoms with van der Waals surface area (Å²) in [6.07, 6.45) is 1.45. The molecule has 44 heavy (non-hydrogen) atoms. The molecule has 0 N–H and O–H groups in total. The van der Waals surface area contributed by atoms with E-state index in [4.69, 9.17) is 14.2 Å². The largest absolute Gasteiger partial charge is 0.496 e. The number of hydrogen-bond acceptors (Lipinski definition) is 9. The first-order valence-electron chi connectivity index (χ1n) is 14.1. The van der Waals surface area contributed by atoms with Crippen LogP contribution in [-0.2, 0) is 27.7 Å². The van der Waals surface area contributed by atoms with Gasteiger partial charge in [-0.2, -0.15) is 0 Å². The highest BCUT2D eigenvalue weighted by Gasteiger charge is 2.27. The fourth-order valence-corrected chi connectivity index (χ4v) is 6.55. The van der Waals surface area contributed by atoms with Crippen LogP contribution in [0.4, 0.5) is 4.39 Å². The Morgan fingerprint density at radius 2 is 1.66 bits per heavy atom. The summed E-state index contributed by atoms with van der Waals surface area (Å²) in [5.74, 6) is -0.615. The zero-order valence-electron chi connectivity index (χ0n) is 25.8. The van der Waals surface area contributed by atoms with Gasteiger partial charge in [0, 0.05) is 36.1 Å². The van der Waals surface area contributed by atoms with Crippen molar-refractivity contribution >= 4 is 33.1 Å². The molecule has 0 fully saturated rings. The average Bonchev–Trinajstić information content (AvgIpc) is 3.38. The van der Waals surface area contributed by atoms with Gasteiger partial charge in [-0.3, -0.25) is 9.59 Å². The smallest absolute Gasteiger partial charge is 0.254 e. The lowest BCUT2D eigenvalue weighted by molar-refractivity contribution is 0.0740. The Labute approximate surface area is 262 Å². The van der Waals surface area contributed by atoms with Gasteiger partial charge in [-0.25, -0.2) is 22.1 Å². The summed E-state index contributed by atoms with van der Waals surface area (Å²) >= 11 is 1.25. The Bertz CT molecular complexity index is 1490. The van der Waals surface area contributed by atoms with Crippen molar-refractivity contribution in [2.75, 3.05) is 60.0 Å². The van der Waals surface area contributed by atoms with Crippen molar-refractivity contribution in [3.63, 3.8) is 0 Å². The second-order valence-corrected chi connectivity index (χ2v) is 13.5. The number of carbonyl (C=O) groups excluding carboxylic acids is 2. The van der Waals surface area contributed by atoms with Crippen LogP contribution in [0.2, 0.25) is 0 Å². The summed E-state index contributed by atoms with van der Waals surface area (Å²) in [6, 6.07) is 13.3. The highest BCUT2D eigenvalue weighted by Crippen LogP contribution is 2.30. The van der Waals surface area contributed by atoms with Crippen LogP contribution in [0.15, 0.2) is 42.5 Å². The van der Waals surface area contributed by atoms with E-state index in [-0.39, 0.29) is 37.9 Å². The van der Waals surface area contributed by atoms with Crippen molar-refractivity contribution in [1.82, 2.24) is 14.2 Å². The van der Waals surface area contributed by atoms with Crippen molar-refractivity contribution in [2.24, 2.45) is 0 Å². The van der Waals surface area contributed by atoms with Crippen molar-refractivity contribution in [3.05, 3.63) is 74.7 Å². The van der Waals surface area contributed by atoms with E-state index in [9.17, 15) is 22.4 Å². The molecule has 0 saturated carbocycles. The highest BCUT2D eigenvalue weighted by atomic mass is 32.2. The lowest BCUT2D eigenvalue weighted by Gasteiger charge is -2.23. The molecule has 0 unspecified atom stereocenters. The topological polar surface area (TPSA) is 115 Å². The van der Waals surface area contributed by atoms with Gasteiger partial charge < -0.3 is 19.1 Å². The first-order chi connectivity index (χ1) is 21.0. The summed E-state index contributed by atoms with van der Waals surface area (Å²) in [5.41, 5.74) is 2.37. The van der Waals surface area contributed by atoms with E-state index in [1.165, 1.54) is 32.6 Å². The number of aromatic nitrogens is 1. The van der Waals surface area contributed by atoms with Gasteiger partial charge >= 0.3 is 0 Å². The number of thiazole rings is 1. The number of ether oxygens (including phenoxy) is 3. The number of Topliss-reactive ketones (excluding diaryl/α,β-unsaturated/α-hetero) is 1. The molecular formula is C31H40FN3O7S2. The zero-order valence-corrected chi connectivity index (χ0v) is 27.4. The second kappa shape index (κ2) is 16.6. The standard InChI is InChI=1S/C31H40FN3O7S2/c1-22-27(40-4)18-25(19-28(22)41-5)31(37)35(14-9-12-24-10-7-6-8-11-24)20-29-33-30(23(2)43-29)26(36)21-44(38,39)34(3)15-17-42-16-13-32/h6-8,10-11,18-19H,9,12-17,20-21H2,1-5H3. The number of sulfonamides is 1. The predicted octanol–water partition coefficient (Wildman–Crippen LogP) is 4.48. The van der Waals surface area contributed by atoms with Crippen LogP contribution in [0.1, 0.15) is 48.3 Å². The summed E-state index contributed by atoms with van der Waals surface area (Å²) < 4.78 is 54.7. The Hall–Kier alpha value is -3.39. The monoisotopic (exact) mass is 649 g/mol. The molecule has 240 valence electrons. The zero-order chi connectivity index (χ0) is 32.3. The third-order valence-corrected chi connectivity index (χ3v) is 9.73. The molecule has 0 bridgehead atoms. The van der Waals surface area contributed by atoms with Gasteiger partial charge in [-0.15, -0.1) is 11.3 Å². The number of likely N-dealkylation sites (N-methyl/N-ethyl adjacent to an activating group) is 1. The van der Waals surface area contributed by atoms with Gasteiger partial charge in [-0.1, -0.05) is 30.3 Å². The van der Waals surface area contributed by atoms with E-state index >= 15 is 0 Å². The number of aryl methyl sites for hydroxylation is 2. The molecule has 0 aliphatic carbocycles. The number of alkyl halides is 1. The molecule has 0 saturated heterocycles. The Kier molecular flexibility index (Phi) is 13.3. The quantitative estimate of drug-likeness (QED) is 0.146. The summed E-state index contributed by atoms with van der Waals surface area (Å²) in [6.45, 7) is 3.31.